The van der Waals surface area contributed by atoms with Crippen molar-refractivity contribution in [3.8, 4) is 5.75 Å². The summed E-state index contributed by atoms with van der Waals surface area (Å²) in [5.41, 5.74) is 1.33. The first-order chi connectivity index (χ1) is 13.9. The van der Waals surface area contributed by atoms with E-state index in [9.17, 15) is 4.79 Å². The smallest absolute Gasteiger partial charge is 0.282 e. The maximum atomic E-state index is 13.2. The summed E-state index contributed by atoms with van der Waals surface area (Å²) in [4.78, 5) is 18.0. The van der Waals surface area contributed by atoms with E-state index in [2.05, 4.69) is 41.8 Å². The molecule has 0 aliphatic rings. The summed E-state index contributed by atoms with van der Waals surface area (Å²) < 4.78 is 8.25. The molecule has 5 nitrogen and oxygen atoms in total. The summed E-state index contributed by atoms with van der Waals surface area (Å²) in [6, 6.07) is 13.3. The molecule has 0 aliphatic carbocycles. The van der Waals surface area contributed by atoms with Gasteiger partial charge in [0.2, 0.25) is 0 Å². The van der Waals surface area contributed by atoms with Gasteiger partial charge in [-0.05, 0) is 50.1 Å². The first kappa shape index (κ1) is 21.2. The van der Waals surface area contributed by atoms with E-state index in [-0.39, 0.29) is 17.6 Å². The van der Waals surface area contributed by atoms with Crippen LogP contribution in [0.5, 0.6) is 5.75 Å². The van der Waals surface area contributed by atoms with Gasteiger partial charge in [-0.3, -0.25) is 4.79 Å². The molecule has 0 bridgehead atoms. The number of nitrogens with zero attached hydrogens (tertiary/aromatic N) is 3. The second kappa shape index (κ2) is 9.35. The number of halogens is 1. The van der Waals surface area contributed by atoms with Crippen molar-refractivity contribution in [2.75, 3.05) is 0 Å². The van der Waals surface area contributed by atoms with E-state index in [1.54, 1.807) is 12.3 Å². The maximum absolute atomic E-state index is 13.2. The van der Waals surface area contributed by atoms with Crippen molar-refractivity contribution in [1.82, 2.24) is 9.66 Å². The van der Waals surface area contributed by atoms with Crippen LogP contribution in [0, 0.1) is 0 Å². The van der Waals surface area contributed by atoms with Crippen molar-refractivity contribution >= 4 is 33.0 Å². The van der Waals surface area contributed by atoms with E-state index < -0.39 is 0 Å². The minimum atomic E-state index is -0.178. The number of hydrogen-bond donors (Lipinski definition) is 0. The molecule has 0 amide bonds. The summed E-state index contributed by atoms with van der Waals surface area (Å²) in [6.07, 6.45) is 3.54. The Morgan fingerprint density at radius 2 is 1.93 bits per heavy atom. The first-order valence-corrected chi connectivity index (χ1v) is 10.8. The molecule has 0 aliphatic heterocycles. The highest BCUT2D eigenvalue weighted by atomic mass is 79.9. The lowest BCUT2D eigenvalue weighted by atomic mass is 10.1. The Balaban J connectivity index is 2.12. The molecule has 3 aromatic rings. The standard InChI is InChI=1S/C23H26BrN3O2/c1-5-15(3)22-26-20-12-11-18(24)13-19(20)23(28)27(22)25-14-17-9-7-8-10-21(17)29-16(4)6-2/h7-16H,5-6H2,1-4H3/t15-,16+/m0/s1. The van der Waals surface area contributed by atoms with Crippen molar-refractivity contribution in [2.24, 2.45) is 5.10 Å². The fourth-order valence-corrected chi connectivity index (χ4v) is 3.25. The number of hydrogen-bond acceptors (Lipinski definition) is 4. The van der Waals surface area contributed by atoms with Gasteiger partial charge in [0.15, 0.2) is 0 Å². The summed E-state index contributed by atoms with van der Waals surface area (Å²) in [5, 5.41) is 5.07. The number of ether oxygens (including phenoxy) is 1. The minimum Gasteiger partial charge on any atom is -0.490 e. The molecule has 0 saturated carbocycles. The zero-order valence-corrected chi connectivity index (χ0v) is 18.8. The minimum absolute atomic E-state index is 0.0968. The third kappa shape index (κ3) is 4.75. The molecule has 6 heteroatoms. The second-order valence-corrected chi connectivity index (χ2v) is 8.09. The third-order valence-electron chi connectivity index (χ3n) is 5.02. The molecule has 2 aromatic carbocycles. The van der Waals surface area contributed by atoms with Crippen LogP contribution >= 0.6 is 15.9 Å². The van der Waals surface area contributed by atoms with Gasteiger partial charge in [-0.2, -0.15) is 9.78 Å². The zero-order chi connectivity index (χ0) is 21.0. The topological polar surface area (TPSA) is 56.5 Å². The van der Waals surface area contributed by atoms with Crippen LogP contribution in [0.4, 0.5) is 0 Å². The van der Waals surface area contributed by atoms with Gasteiger partial charge in [-0.25, -0.2) is 4.98 Å². The molecule has 29 heavy (non-hydrogen) atoms. The van der Waals surface area contributed by atoms with Gasteiger partial charge in [0.05, 0.1) is 23.2 Å². The molecule has 0 fully saturated rings. The second-order valence-electron chi connectivity index (χ2n) is 7.18. The molecule has 0 radical (unpaired) electrons. The fourth-order valence-electron chi connectivity index (χ4n) is 2.89. The Morgan fingerprint density at radius 3 is 2.66 bits per heavy atom. The van der Waals surface area contributed by atoms with Crippen molar-refractivity contribution in [3.63, 3.8) is 0 Å². The van der Waals surface area contributed by atoms with Crippen LogP contribution in [0.1, 0.15) is 57.8 Å². The molecule has 1 aromatic heterocycles. The lowest BCUT2D eigenvalue weighted by Crippen LogP contribution is -2.23. The van der Waals surface area contributed by atoms with Gasteiger partial charge in [0.1, 0.15) is 11.6 Å². The molecule has 0 saturated heterocycles. The number of rotatable bonds is 7. The Labute approximate surface area is 179 Å². The number of benzene rings is 2. The van der Waals surface area contributed by atoms with E-state index in [1.165, 1.54) is 4.68 Å². The van der Waals surface area contributed by atoms with Crippen molar-refractivity contribution < 1.29 is 4.74 Å². The number of para-hydroxylation sites is 1. The van der Waals surface area contributed by atoms with Crippen LogP contribution in [-0.2, 0) is 0 Å². The molecule has 1 heterocycles. The van der Waals surface area contributed by atoms with E-state index in [0.29, 0.717) is 16.7 Å². The predicted octanol–water partition coefficient (Wildman–Crippen LogP) is 5.73. The average molecular weight is 456 g/mol. The lowest BCUT2D eigenvalue weighted by Gasteiger charge is -2.15. The van der Waals surface area contributed by atoms with Gasteiger partial charge >= 0.3 is 0 Å². The van der Waals surface area contributed by atoms with Crippen molar-refractivity contribution in [1.29, 1.82) is 0 Å². The predicted molar refractivity (Wildman–Crippen MR) is 122 cm³/mol. The summed E-state index contributed by atoms with van der Waals surface area (Å²) in [6.45, 7) is 8.24. The molecule has 2 atom stereocenters. The molecule has 0 spiro atoms. The Hall–Kier alpha value is -2.47. The van der Waals surface area contributed by atoms with Crippen LogP contribution in [-0.4, -0.2) is 22.0 Å². The first-order valence-electron chi connectivity index (χ1n) is 9.96. The molecule has 0 N–H and O–H groups in total. The van der Waals surface area contributed by atoms with E-state index in [0.717, 1.165) is 28.6 Å². The highest BCUT2D eigenvalue weighted by Gasteiger charge is 2.16. The Bertz CT molecular complexity index is 1090. The zero-order valence-electron chi connectivity index (χ0n) is 17.2. The largest absolute Gasteiger partial charge is 0.490 e. The van der Waals surface area contributed by atoms with Crippen LogP contribution in [0.3, 0.4) is 0 Å². The maximum Gasteiger partial charge on any atom is 0.282 e. The van der Waals surface area contributed by atoms with Gasteiger partial charge in [0, 0.05) is 16.0 Å². The van der Waals surface area contributed by atoms with E-state index in [1.807, 2.05) is 43.3 Å². The highest BCUT2D eigenvalue weighted by Crippen LogP contribution is 2.22. The average Bonchev–Trinajstić information content (AvgIpc) is 2.73. The van der Waals surface area contributed by atoms with E-state index in [4.69, 9.17) is 9.72 Å². The summed E-state index contributed by atoms with van der Waals surface area (Å²) >= 11 is 3.44. The number of fused-ring (bicyclic) bond motifs is 1. The van der Waals surface area contributed by atoms with Crippen LogP contribution < -0.4 is 10.3 Å². The normalized spacial score (nSPS) is 13.7. The number of aromatic nitrogens is 2. The van der Waals surface area contributed by atoms with Crippen molar-refractivity contribution in [2.45, 2.75) is 52.6 Å². The quantitative estimate of drug-likeness (QED) is 0.427. The molecular formula is C23H26BrN3O2. The van der Waals surface area contributed by atoms with Gasteiger partial charge in [-0.1, -0.05) is 48.8 Å². The SMILES string of the molecule is CC[C@@H](C)Oc1ccccc1C=Nn1c([C@@H](C)CC)nc2ccc(Br)cc2c1=O. The monoisotopic (exact) mass is 455 g/mol. The lowest BCUT2D eigenvalue weighted by molar-refractivity contribution is 0.217. The summed E-state index contributed by atoms with van der Waals surface area (Å²) in [5.74, 6) is 1.50. The molecular weight excluding hydrogens is 430 g/mol. The fraction of sp³-hybridized carbons (Fsp3) is 0.348. The Morgan fingerprint density at radius 1 is 1.17 bits per heavy atom. The highest BCUT2D eigenvalue weighted by molar-refractivity contribution is 9.10. The van der Waals surface area contributed by atoms with Crippen LogP contribution in [0.25, 0.3) is 10.9 Å². The molecule has 0 unspecified atom stereocenters. The summed E-state index contributed by atoms with van der Waals surface area (Å²) in [7, 11) is 0. The van der Waals surface area contributed by atoms with Gasteiger partial charge in [0.25, 0.3) is 5.56 Å². The van der Waals surface area contributed by atoms with Crippen LogP contribution in [0.2, 0.25) is 0 Å². The molecule has 152 valence electrons. The van der Waals surface area contributed by atoms with E-state index >= 15 is 0 Å². The van der Waals surface area contributed by atoms with Gasteiger partial charge < -0.3 is 4.74 Å². The third-order valence-corrected chi connectivity index (χ3v) is 5.51. The van der Waals surface area contributed by atoms with Crippen molar-refractivity contribution in [3.05, 3.63) is 68.7 Å². The molecule has 3 rings (SSSR count). The Kier molecular flexibility index (Phi) is 6.85. The van der Waals surface area contributed by atoms with Crippen LogP contribution in [0.15, 0.2) is 56.8 Å². The van der Waals surface area contributed by atoms with Gasteiger partial charge in [-0.15, -0.1) is 0 Å².